The van der Waals surface area contributed by atoms with Crippen molar-refractivity contribution in [2.75, 3.05) is 23.8 Å². The second kappa shape index (κ2) is 14.2. The lowest BCUT2D eigenvalue weighted by atomic mass is 10.1. The second-order valence-electron chi connectivity index (χ2n) is 6.94. The van der Waals surface area contributed by atoms with Crippen LogP contribution in [-0.2, 0) is 33.3 Å². The normalized spacial score (nSPS) is 11.3. The first-order valence-corrected chi connectivity index (χ1v) is 13.0. The zero-order valence-corrected chi connectivity index (χ0v) is 25.3. The lowest BCUT2D eigenvalue weighted by molar-refractivity contribution is -0.149. The third-order valence-electron chi connectivity index (χ3n) is 3.68. The van der Waals surface area contributed by atoms with E-state index < -0.39 is 24.4 Å². The molecule has 0 heterocycles. The van der Waals surface area contributed by atoms with Gasteiger partial charge in [0.05, 0.1) is 33.6 Å². The minimum Gasteiger partial charge on any atom is -0.462 e. The number of anilines is 2. The summed E-state index contributed by atoms with van der Waals surface area (Å²) in [7, 11) is 0. The number of halogens is 3. The number of nitrogens with one attached hydrogen (secondary N) is 2. The first kappa shape index (κ1) is 30.6. The highest BCUT2D eigenvalue weighted by Gasteiger charge is 2.28. The van der Waals surface area contributed by atoms with Crippen LogP contribution in [0.4, 0.5) is 16.2 Å². The molecule has 1 rings (SSSR count). The van der Waals surface area contributed by atoms with Gasteiger partial charge < -0.3 is 29.6 Å². The van der Waals surface area contributed by atoms with Gasteiger partial charge in [0.15, 0.2) is 0 Å². The molecule has 11 nitrogen and oxygen atoms in total. The summed E-state index contributed by atoms with van der Waals surface area (Å²) in [5.74, 6) is -2.34. The molecular formula is C20H23I3N2O9. The Balaban J connectivity index is 2.95. The molecule has 0 aliphatic carbocycles. The molecule has 2 amide bonds. The molecule has 14 heteroatoms. The fraction of sp³-hybridized carbons (Fsp3) is 0.450. The van der Waals surface area contributed by atoms with Crippen LogP contribution in [0.25, 0.3) is 0 Å². The van der Waals surface area contributed by atoms with Gasteiger partial charge in [-0.3, -0.25) is 14.4 Å². The van der Waals surface area contributed by atoms with Crippen LogP contribution >= 0.6 is 67.8 Å². The number of amides is 2. The first-order chi connectivity index (χ1) is 15.8. The van der Waals surface area contributed by atoms with E-state index in [4.69, 9.17) is 18.9 Å². The number of hydrogen-bond donors (Lipinski definition) is 2. The van der Waals surface area contributed by atoms with Gasteiger partial charge in [0.1, 0.15) is 13.2 Å². The predicted molar refractivity (Wildman–Crippen MR) is 146 cm³/mol. The molecule has 0 saturated heterocycles. The highest BCUT2D eigenvalue weighted by atomic mass is 127. The van der Waals surface area contributed by atoms with E-state index in [0.29, 0.717) is 22.1 Å². The number of rotatable bonds is 9. The third-order valence-corrected chi connectivity index (χ3v) is 6.91. The van der Waals surface area contributed by atoms with E-state index in [0.717, 1.165) is 0 Å². The lowest BCUT2D eigenvalue weighted by Gasteiger charge is -2.20. The highest BCUT2D eigenvalue weighted by Crippen LogP contribution is 2.39. The molecule has 0 bridgehead atoms. The van der Waals surface area contributed by atoms with Crippen LogP contribution in [0.5, 0.6) is 0 Å². The van der Waals surface area contributed by atoms with Crippen LogP contribution in [0, 0.1) is 16.6 Å². The Hall–Kier alpha value is -1.44. The molecule has 0 fully saturated rings. The van der Waals surface area contributed by atoms with Crippen molar-refractivity contribution >= 4 is 109 Å². The fourth-order valence-electron chi connectivity index (χ4n) is 2.25. The quantitative estimate of drug-likeness (QED) is 0.123. The maximum Gasteiger partial charge on any atom is 0.511 e. The zero-order chi connectivity index (χ0) is 26.2. The van der Waals surface area contributed by atoms with Gasteiger partial charge in [0.2, 0.25) is 18.1 Å². The smallest absolute Gasteiger partial charge is 0.462 e. The molecule has 1 atom stereocenters. The van der Waals surface area contributed by atoms with E-state index in [2.05, 4.69) is 10.6 Å². The molecule has 1 aromatic carbocycles. The maximum absolute atomic E-state index is 12.9. The van der Waals surface area contributed by atoms with Crippen molar-refractivity contribution in [3.05, 3.63) is 16.3 Å². The standard InChI is InChI=1S/C20H23I3N2O9/c1-8(2)18(28)31-6-7-32-20(30)34-11(5)33-19(29)12-13(21)16(24-9(3)26)15(23)17(14(12)22)25-10(4)27/h8,11H,6-7H2,1-5H3,(H,24,26)(H,25,27). The molecule has 0 aromatic heterocycles. The number of hydrogen-bond acceptors (Lipinski definition) is 9. The molecule has 34 heavy (non-hydrogen) atoms. The van der Waals surface area contributed by atoms with E-state index >= 15 is 0 Å². The Bertz CT molecular complexity index is 940. The summed E-state index contributed by atoms with van der Waals surface area (Å²) < 4.78 is 21.1. The number of esters is 2. The Labute approximate surface area is 237 Å². The average molecular weight is 816 g/mol. The lowest BCUT2D eigenvalue weighted by Crippen LogP contribution is -2.25. The molecule has 0 aliphatic heterocycles. The molecule has 0 spiro atoms. The van der Waals surface area contributed by atoms with Crippen molar-refractivity contribution in [1.82, 2.24) is 0 Å². The SMILES string of the molecule is CC(=O)Nc1c(I)c(NC(C)=O)c(I)c(C(=O)OC(C)OC(=O)OCCOC(=O)C(C)C)c1I. The summed E-state index contributed by atoms with van der Waals surface area (Å²) in [5, 5.41) is 5.30. The largest absolute Gasteiger partial charge is 0.511 e. The van der Waals surface area contributed by atoms with Gasteiger partial charge >= 0.3 is 18.1 Å². The van der Waals surface area contributed by atoms with Crippen molar-refractivity contribution in [2.45, 2.75) is 40.9 Å². The average Bonchev–Trinajstić information content (AvgIpc) is 2.71. The van der Waals surface area contributed by atoms with Crippen LogP contribution in [0.1, 0.15) is 45.0 Å². The summed E-state index contributed by atoms with van der Waals surface area (Å²) in [4.78, 5) is 59.4. The van der Waals surface area contributed by atoms with Crippen molar-refractivity contribution < 1.29 is 42.9 Å². The van der Waals surface area contributed by atoms with Crippen LogP contribution < -0.4 is 10.6 Å². The van der Waals surface area contributed by atoms with Gasteiger partial charge in [-0.2, -0.15) is 0 Å². The minimum atomic E-state index is -1.32. The van der Waals surface area contributed by atoms with E-state index in [1.807, 2.05) is 67.8 Å². The topological polar surface area (TPSA) is 146 Å². The summed E-state index contributed by atoms with van der Waals surface area (Å²) >= 11 is 5.72. The van der Waals surface area contributed by atoms with Crippen LogP contribution in [0.15, 0.2) is 0 Å². The Morgan fingerprint density at radius 2 is 1.24 bits per heavy atom. The summed E-state index contributed by atoms with van der Waals surface area (Å²) in [6.45, 7) is 6.90. The number of carbonyl (C=O) groups excluding carboxylic acids is 5. The van der Waals surface area contributed by atoms with Crippen LogP contribution in [0.3, 0.4) is 0 Å². The molecule has 188 valence electrons. The fourth-order valence-corrected chi connectivity index (χ4v) is 6.40. The minimum absolute atomic E-state index is 0.0681. The van der Waals surface area contributed by atoms with E-state index in [1.165, 1.54) is 20.8 Å². The van der Waals surface area contributed by atoms with Crippen molar-refractivity contribution in [2.24, 2.45) is 5.92 Å². The molecule has 1 unspecified atom stereocenters. The number of benzene rings is 1. The molecule has 0 radical (unpaired) electrons. The monoisotopic (exact) mass is 816 g/mol. The second-order valence-corrected chi connectivity index (χ2v) is 10.2. The van der Waals surface area contributed by atoms with Gasteiger partial charge in [0.25, 0.3) is 0 Å². The molecule has 0 aliphatic rings. The van der Waals surface area contributed by atoms with Crippen LogP contribution in [-0.4, -0.2) is 49.4 Å². The Kier molecular flexibility index (Phi) is 12.8. The van der Waals surface area contributed by atoms with E-state index in [-0.39, 0.29) is 36.5 Å². The van der Waals surface area contributed by atoms with Gasteiger partial charge in [0, 0.05) is 20.8 Å². The predicted octanol–water partition coefficient (Wildman–Crippen LogP) is 4.27. The van der Waals surface area contributed by atoms with Gasteiger partial charge in [-0.15, -0.1) is 0 Å². The Morgan fingerprint density at radius 1 is 0.765 bits per heavy atom. The maximum atomic E-state index is 12.9. The Morgan fingerprint density at radius 3 is 1.68 bits per heavy atom. The molecule has 1 aromatic rings. The van der Waals surface area contributed by atoms with Gasteiger partial charge in [-0.25, -0.2) is 9.59 Å². The molecule has 0 saturated carbocycles. The first-order valence-electron chi connectivity index (χ1n) is 9.72. The summed E-state index contributed by atoms with van der Waals surface area (Å²) in [6, 6.07) is 0. The highest BCUT2D eigenvalue weighted by molar-refractivity contribution is 14.1. The van der Waals surface area contributed by atoms with Crippen molar-refractivity contribution in [1.29, 1.82) is 0 Å². The summed E-state index contributed by atoms with van der Waals surface area (Å²) in [6.07, 6.45) is -2.44. The summed E-state index contributed by atoms with van der Waals surface area (Å²) in [5.41, 5.74) is 0.723. The van der Waals surface area contributed by atoms with Crippen molar-refractivity contribution in [3.8, 4) is 0 Å². The van der Waals surface area contributed by atoms with Gasteiger partial charge in [-0.05, 0) is 67.8 Å². The zero-order valence-electron chi connectivity index (χ0n) is 18.9. The van der Waals surface area contributed by atoms with E-state index in [1.54, 1.807) is 13.8 Å². The number of carbonyl (C=O) groups is 5. The number of ether oxygens (including phenoxy) is 4. The third kappa shape index (κ3) is 9.31. The van der Waals surface area contributed by atoms with Crippen LogP contribution in [0.2, 0.25) is 0 Å². The molecular weight excluding hydrogens is 793 g/mol. The van der Waals surface area contributed by atoms with Gasteiger partial charge in [-0.1, -0.05) is 13.8 Å². The van der Waals surface area contributed by atoms with Crippen molar-refractivity contribution in [3.63, 3.8) is 0 Å². The molecule has 2 N–H and O–H groups in total. The van der Waals surface area contributed by atoms with E-state index in [9.17, 15) is 24.0 Å².